The standard InChI is InChI=1S/C7H8FNO2/c8-7-3-1-2-6(4-7)5-11-9-10/h1-4,9-10H,5H2. The molecule has 11 heavy (non-hydrogen) atoms. The number of rotatable bonds is 3. The van der Waals surface area contributed by atoms with Crippen molar-refractivity contribution >= 4 is 0 Å². The molecule has 0 unspecified atom stereocenters. The number of nitrogens with one attached hydrogen (secondary N) is 1. The van der Waals surface area contributed by atoms with Gasteiger partial charge in [-0.25, -0.2) is 4.39 Å². The van der Waals surface area contributed by atoms with Gasteiger partial charge < -0.3 is 0 Å². The highest BCUT2D eigenvalue weighted by Gasteiger charge is 1.93. The summed E-state index contributed by atoms with van der Waals surface area (Å²) >= 11 is 0. The number of halogens is 1. The predicted octanol–water partition coefficient (Wildman–Crippen LogP) is 1.24. The molecule has 1 aromatic rings. The summed E-state index contributed by atoms with van der Waals surface area (Å²) < 4.78 is 12.5. The molecule has 0 aromatic heterocycles. The van der Waals surface area contributed by atoms with Crippen molar-refractivity contribution < 1.29 is 14.4 Å². The van der Waals surface area contributed by atoms with Gasteiger partial charge in [-0.05, 0) is 17.7 Å². The van der Waals surface area contributed by atoms with Gasteiger partial charge in [0.2, 0.25) is 0 Å². The third-order valence-electron chi connectivity index (χ3n) is 1.19. The molecule has 0 fully saturated rings. The highest BCUT2D eigenvalue weighted by Crippen LogP contribution is 2.03. The van der Waals surface area contributed by atoms with Crippen LogP contribution in [0.2, 0.25) is 0 Å². The first-order valence-corrected chi connectivity index (χ1v) is 3.08. The zero-order chi connectivity index (χ0) is 8.10. The molecule has 0 aliphatic rings. The Hall–Kier alpha value is -0.970. The second-order valence-electron chi connectivity index (χ2n) is 2.01. The van der Waals surface area contributed by atoms with Crippen molar-refractivity contribution in [3.05, 3.63) is 35.6 Å². The molecule has 0 radical (unpaired) electrons. The zero-order valence-electron chi connectivity index (χ0n) is 5.75. The van der Waals surface area contributed by atoms with Crippen LogP contribution in [-0.4, -0.2) is 5.21 Å². The van der Waals surface area contributed by atoms with Crippen LogP contribution in [0.15, 0.2) is 24.3 Å². The maximum Gasteiger partial charge on any atom is 0.123 e. The minimum atomic E-state index is -0.316. The van der Waals surface area contributed by atoms with Crippen molar-refractivity contribution in [1.82, 2.24) is 5.64 Å². The molecule has 1 aromatic carbocycles. The van der Waals surface area contributed by atoms with Crippen molar-refractivity contribution in [2.75, 3.05) is 0 Å². The van der Waals surface area contributed by atoms with Gasteiger partial charge in [0.1, 0.15) is 5.82 Å². The molecule has 60 valence electrons. The molecule has 0 bridgehead atoms. The molecule has 3 nitrogen and oxygen atoms in total. The maximum absolute atomic E-state index is 12.5. The minimum absolute atomic E-state index is 0.133. The van der Waals surface area contributed by atoms with E-state index in [4.69, 9.17) is 5.21 Å². The Bertz CT molecular complexity index is 229. The van der Waals surface area contributed by atoms with Crippen molar-refractivity contribution in [3.63, 3.8) is 0 Å². The molecule has 2 N–H and O–H groups in total. The van der Waals surface area contributed by atoms with E-state index in [1.54, 1.807) is 12.1 Å². The largest absolute Gasteiger partial charge is 0.292 e. The van der Waals surface area contributed by atoms with Crippen LogP contribution in [0.5, 0.6) is 0 Å². The van der Waals surface area contributed by atoms with E-state index in [9.17, 15) is 4.39 Å². The Labute approximate surface area is 63.3 Å². The summed E-state index contributed by atoms with van der Waals surface area (Å²) in [7, 11) is 0. The van der Waals surface area contributed by atoms with Crippen LogP contribution >= 0.6 is 0 Å². The quantitative estimate of drug-likeness (QED) is 0.648. The number of hydrogen-bond acceptors (Lipinski definition) is 3. The van der Waals surface area contributed by atoms with Gasteiger partial charge >= 0.3 is 0 Å². The maximum atomic E-state index is 12.5. The monoisotopic (exact) mass is 157 g/mol. The van der Waals surface area contributed by atoms with Crippen molar-refractivity contribution in [2.45, 2.75) is 6.61 Å². The SMILES string of the molecule is ONOCc1cccc(F)c1. The molecule has 0 spiro atoms. The van der Waals surface area contributed by atoms with E-state index >= 15 is 0 Å². The van der Waals surface area contributed by atoms with Crippen LogP contribution in [0.3, 0.4) is 0 Å². The average molecular weight is 157 g/mol. The summed E-state index contributed by atoms with van der Waals surface area (Å²) in [5.74, 6) is -0.316. The van der Waals surface area contributed by atoms with Crippen LogP contribution in [0.1, 0.15) is 5.56 Å². The first kappa shape index (κ1) is 8.13. The topological polar surface area (TPSA) is 41.5 Å². The summed E-state index contributed by atoms with van der Waals surface area (Å²) in [6.07, 6.45) is 0. The second kappa shape index (κ2) is 4.02. The molecule has 0 aliphatic heterocycles. The molecule has 0 aliphatic carbocycles. The molecular formula is C7H8FNO2. The zero-order valence-corrected chi connectivity index (χ0v) is 5.75. The van der Waals surface area contributed by atoms with Gasteiger partial charge in [0.05, 0.1) is 6.61 Å². The molecule has 1 rings (SSSR count). The minimum Gasteiger partial charge on any atom is -0.292 e. The van der Waals surface area contributed by atoms with Gasteiger partial charge in [-0.3, -0.25) is 10.0 Å². The Morgan fingerprint density at radius 3 is 3.00 bits per heavy atom. The molecule has 4 heteroatoms. The summed E-state index contributed by atoms with van der Waals surface area (Å²) in [5.41, 5.74) is 2.17. The van der Waals surface area contributed by atoms with Crippen molar-refractivity contribution in [2.24, 2.45) is 0 Å². The molecule has 0 amide bonds. The Morgan fingerprint density at radius 2 is 2.36 bits per heavy atom. The molecule has 0 heterocycles. The van der Waals surface area contributed by atoms with E-state index in [1.807, 2.05) is 0 Å². The van der Waals surface area contributed by atoms with Crippen molar-refractivity contribution in [1.29, 1.82) is 0 Å². The lowest BCUT2D eigenvalue weighted by Crippen LogP contribution is -2.07. The predicted molar refractivity (Wildman–Crippen MR) is 36.1 cm³/mol. The van der Waals surface area contributed by atoms with Gasteiger partial charge in [-0.15, -0.1) is 0 Å². The Kier molecular flexibility index (Phi) is 2.97. The third kappa shape index (κ3) is 2.63. The summed E-state index contributed by atoms with van der Waals surface area (Å²) in [4.78, 5) is 4.41. The van der Waals surface area contributed by atoms with E-state index in [2.05, 4.69) is 4.84 Å². The van der Waals surface area contributed by atoms with Gasteiger partial charge in [0, 0.05) is 0 Å². The van der Waals surface area contributed by atoms with Crippen molar-refractivity contribution in [3.8, 4) is 0 Å². The van der Waals surface area contributed by atoms with Gasteiger partial charge in [-0.2, -0.15) is 0 Å². The van der Waals surface area contributed by atoms with E-state index in [-0.39, 0.29) is 12.4 Å². The fourth-order valence-corrected chi connectivity index (χ4v) is 0.742. The fraction of sp³-hybridized carbons (Fsp3) is 0.143. The van der Waals surface area contributed by atoms with Crippen LogP contribution < -0.4 is 5.64 Å². The Balaban J connectivity index is 2.56. The second-order valence-corrected chi connectivity index (χ2v) is 2.01. The third-order valence-corrected chi connectivity index (χ3v) is 1.19. The smallest absolute Gasteiger partial charge is 0.123 e. The van der Waals surface area contributed by atoms with Crippen LogP contribution in [0, 0.1) is 5.82 Å². The first-order chi connectivity index (χ1) is 5.33. The summed E-state index contributed by atoms with van der Waals surface area (Å²) in [5, 5.41) is 8.03. The normalized spacial score (nSPS) is 10.0. The van der Waals surface area contributed by atoms with Gasteiger partial charge in [0.15, 0.2) is 0 Å². The van der Waals surface area contributed by atoms with Gasteiger partial charge in [0.25, 0.3) is 0 Å². The highest BCUT2D eigenvalue weighted by atomic mass is 19.1. The van der Waals surface area contributed by atoms with Crippen LogP contribution in [0.25, 0.3) is 0 Å². The summed E-state index contributed by atoms with van der Waals surface area (Å²) in [6.45, 7) is 0.133. The van der Waals surface area contributed by atoms with E-state index in [0.717, 1.165) is 0 Å². The van der Waals surface area contributed by atoms with E-state index < -0.39 is 0 Å². The lowest BCUT2D eigenvalue weighted by Gasteiger charge is -1.99. The Morgan fingerprint density at radius 1 is 1.55 bits per heavy atom. The van der Waals surface area contributed by atoms with E-state index in [0.29, 0.717) is 5.56 Å². The highest BCUT2D eigenvalue weighted by molar-refractivity contribution is 5.15. The van der Waals surface area contributed by atoms with E-state index in [1.165, 1.54) is 17.8 Å². The number of benzene rings is 1. The van der Waals surface area contributed by atoms with Gasteiger partial charge in [-0.1, -0.05) is 17.8 Å². The molecule has 0 atom stereocenters. The lowest BCUT2D eigenvalue weighted by molar-refractivity contribution is -0.135. The average Bonchev–Trinajstić information content (AvgIpc) is 2.01. The first-order valence-electron chi connectivity index (χ1n) is 3.08. The van der Waals surface area contributed by atoms with Crippen LogP contribution in [-0.2, 0) is 11.4 Å². The number of hydrogen-bond donors (Lipinski definition) is 2. The fourth-order valence-electron chi connectivity index (χ4n) is 0.742. The lowest BCUT2D eigenvalue weighted by atomic mass is 10.2. The van der Waals surface area contributed by atoms with Crippen LogP contribution in [0.4, 0.5) is 4.39 Å². The molecular weight excluding hydrogens is 149 g/mol. The molecule has 0 saturated heterocycles. The summed E-state index contributed by atoms with van der Waals surface area (Å²) in [6, 6.07) is 5.94. The molecule has 0 saturated carbocycles.